The van der Waals surface area contributed by atoms with Crippen molar-refractivity contribution in [2.45, 2.75) is 52.2 Å². The lowest BCUT2D eigenvalue weighted by molar-refractivity contribution is 0.167. The Bertz CT molecular complexity index is 799. The van der Waals surface area contributed by atoms with Crippen LogP contribution in [0.15, 0.2) is 47.6 Å². The second-order valence-electron chi connectivity index (χ2n) is 7.80. The van der Waals surface area contributed by atoms with Gasteiger partial charge in [-0.3, -0.25) is 0 Å². The summed E-state index contributed by atoms with van der Waals surface area (Å²) in [5.74, 6) is 1.57. The first-order valence-electron chi connectivity index (χ1n) is 10.7. The van der Waals surface area contributed by atoms with Gasteiger partial charge in [0.1, 0.15) is 11.6 Å². The Morgan fingerprint density at radius 1 is 1.20 bits per heavy atom. The molecule has 3 rings (SSSR count). The van der Waals surface area contributed by atoms with Crippen molar-refractivity contribution in [3.05, 3.63) is 54.0 Å². The molecule has 1 aliphatic rings. The molecule has 0 bridgehead atoms. The zero-order valence-corrected chi connectivity index (χ0v) is 18.1. The quantitative estimate of drug-likeness (QED) is 0.532. The van der Waals surface area contributed by atoms with E-state index in [-0.39, 0.29) is 5.82 Å². The third-order valence-electron chi connectivity index (χ3n) is 5.20. The minimum Gasteiger partial charge on any atom is -0.439 e. The number of aliphatic imine (C=N–C) groups is 1. The van der Waals surface area contributed by atoms with Gasteiger partial charge in [0.05, 0.1) is 6.54 Å². The molecule has 0 saturated carbocycles. The van der Waals surface area contributed by atoms with Crippen molar-refractivity contribution in [2.24, 2.45) is 4.99 Å². The third kappa shape index (κ3) is 6.69. The Morgan fingerprint density at radius 3 is 2.53 bits per heavy atom. The fourth-order valence-electron chi connectivity index (χ4n) is 3.43. The zero-order chi connectivity index (χ0) is 21.3. The van der Waals surface area contributed by atoms with E-state index in [1.54, 1.807) is 24.4 Å². The topological polar surface area (TPSA) is 61.8 Å². The monoisotopic (exact) mass is 413 g/mol. The number of nitrogens with zero attached hydrogens (tertiary/aromatic N) is 3. The summed E-state index contributed by atoms with van der Waals surface area (Å²) in [5, 5.41) is 6.90. The minimum atomic E-state index is -0.293. The average Bonchev–Trinajstić information content (AvgIpc) is 2.75. The van der Waals surface area contributed by atoms with Crippen molar-refractivity contribution in [3.8, 4) is 11.6 Å². The van der Waals surface area contributed by atoms with Gasteiger partial charge in [0.2, 0.25) is 5.88 Å². The highest BCUT2D eigenvalue weighted by Crippen LogP contribution is 2.19. The molecule has 0 atom stereocenters. The number of rotatable bonds is 7. The molecular weight excluding hydrogens is 381 g/mol. The molecule has 0 unspecified atom stereocenters. The van der Waals surface area contributed by atoms with Crippen LogP contribution in [0.4, 0.5) is 4.39 Å². The first kappa shape index (κ1) is 22.0. The summed E-state index contributed by atoms with van der Waals surface area (Å²) >= 11 is 0. The highest BCUT2D eigenvalue weighted by molar-refractivity contribution is 5.80. The number of piperidine rings is 1. The van der Waals surface area contributed by atoms with Crippen molar-refractivity contribution in [3.63, 3.8) is 0 Å². The Balaban J connectivity index is 1.53. The predicted molar refractivity (Wildman–Crippen MR) is 118 cm³/mol. The molecule has 2 heterocycles. The van der Waals surface area contributed by atoms with Gasteiger partial charge in [0, 0.05) is 44.0 Å². The number of hydrogen-bond acceptors (Lipinski definition) is 4. The summed E-state index contributed by atoms with van der Waals surface area (Å²) in [6.07, 6.45) is 4.01. The number of benzene rings is 1. The second kappa shape index (κ2) is 10.9. The SMILES string of the molecule is CCNC(=NCc1ccc(Oc2ccc(F)cc2)nc1)NC1CCN(C(C)C)CC1. The summed E-state index contributed by atoms with van der Waals surface area (Å²) in [6, 6.07) is 10.7. The van der Waals surface area contributed by atoms with Crippen LogP contribution in [-0.2, 0) is 6.54 Å². The molecule has 1 aromatic heterocycles. The molecule has 2 aromatic rings. The summed E-state index contributed by atoms with van der Waals surface area (Å²) in [7, 11) is 0. The molecule has 30 heavy (non-hydrogen) atoms. The Morgan fingerprint density at radius 2 is 1.93 bits per heavy atom. The van der Waals surface area contributed by atoms with Crippen molar-refractivity contribution in [1.82, 2.24) is 20.5 Å². The molecule has 162 valence electrons. The lowest BCUT2D eigenvalue weighted by Crippen LogP contribution is -2.49. The summed E-state index contributed by atoms with van der Waals surface area (Å²) in [4.78, 5) is 11.6. The van der Waals surface area contributed by atoms with Gasteiger partial charge >= 0.3 is 0 Å². The second-order valence-corrected chi connectivity index (χ2v) is 7.80. The standard InChI is InChI=1S/C23H32FN5O/c1-4-25-23(28-20-11-13-29(14-12-20)17(2)3)27-16-18-5-10-22(26-15-18)30-21-8-6-19(24)7-9-21/h5-10,15,17,20H,4,11-14,16H2,1-3H3,(H2,25,27,28). The van der Waals surface area contributed by atoms with Gasteiger partial charge in [-0.2, -0.15) is 0 Å². The molecule has 1 fully saturated rings. The highest BCUT2D eigenvalue weighted by Gasteiger charge is 2.21. The van der Waals surface area contributed by atoms with Crippen LogP contribution in [0.2, 0.25) is 0 Å². The highest BCUT2D eigenvalue weighted by atomic mass is 19.1. The van der Waals surface area contributed by atoms with Gasteiger partial charge in [0.15, 0.2) is 5.96 Å². The van der Waals surface area contributed by atoms with Crippen molar-refractivity contribution >= 4 is 5.96 Å². The number of nitrogens with one attached hydrogen (secondary N) is 2. The van der Waals surface area contributed by atoms with Crippen molar-refractivity contribution in [1.29, 1.82) is 0 Å². The average molecular weight is 414 g/mol. The van der Waals surface area contributed by atoms with Gasteiger partial charge in [-0.25, -0.2) is 14.4 Å². The van der Waals surface area contributed by atoms with E-state index >= 15 is 0 Å². The smallest absolute Gasteiger partial charge is 0.219 e. The molecule has 6 nitrogen and oxygen atoms in total. The van der Waals surface area contributed by atoms with Gasteiger partial charge in [-0.15, -0.1) is 0 Å². The van der Waals surface area contributed by atoms with E-state index in [0.29, 0.717) is 30.3 Å². The maximum absolute atomic E-state index is 13.0. The van der Waals surface area contributed by atoms with Crippen molar-refractivity contribution < 1.29 is 9.13 Å². The van der Waals surface area contributed by atoms with Crippen LogP contribution in [0.25, 0.3) is 0 Å². The Kier molecular flexibility index (Phi) is 8.02. The van der Waals surface area contributed by atoms with E-state index in [2.05, 4.69) is 41.3 Å². The van der Waals surface area contributed by atoms with Crippen LogP contribution in [0.1, 0.15) is 39.2 Å². The molecule has 1 saturated heterocycles. The van der Waals surface area contributed by atoms with Crippen LogP contribution < -0.4 is 15.4 Å². The molecule has 0 spiro atoms. The van der Waals surface area contributed by atoms with Crippen molar-refractivity contribution in [2.75, 3.05) is 19.6 Å². The van der Waals surface area contributed by atoms with Gasteiger partial charge < -0.3 is 20.3 Å². The molecule has 0 aliphatic carbocycles. The van der Waals surface area contributed by atoms with E-state index < -0.39 is 0 Å². The number of aromatic nitrogens is 1. The third-order valence-corrected chi connectivity index (χ3v) is 5.20. The maximum Gasteiger partial charge on any atom is 0.219 e. The molecule has 0 radical (unpaired) electrons. The van der Waals surface area contributed by atoms with E-state index in [9.17, 15) is 4.39 Å². The predicted octanol–water partition coefficient (Wildman–Crippen LogP) is 3.94. The van der Waals surface area contributed by atoms with Crippen LogP contribution in [0, 0.1) is 5.82 Å². The number of ether oxygens (including phenoxy) is 1. The molecule has 1 aliphatic heterocycles. The van der Waals surface area contributed by atoms with E-state index in [1.807, 2.05) is 6.07 Å². The fourth-order valence-corrected chi connectivity index (χ4v) is 3.43. The molecule has 0 amide bonds. The Labute approximate surface area is 178 Å². The summed E-state index contributed by atoms with van der Waals surface area (Å²) < 4.78 is 18.6. The number of halogens is 1. The van der Waals surface area contributed by atoms with Gasteiger partial charge in [0.25, 0.3) is 0 Å². The zero-order valence-electron chi connectivity index (χ0n) is 18.1. The van der Waals surface area contributed by atoms with E-state index in [1.165, 1.54) is 12.1 Å². The molecular formula is C23H32FN5O. The molecule has 2 N–H and O–H groups in total. The lowest BCUT2D eigenvalue weighted by atomic mass is 10.0. The lowest BCUT2D eigenvalue weighted by Gasteiger charge is -2.35. The first-order chi connectivity index (χ1) is 14.5. The Hall–Kier alpha value is -2.67. The maximum atomic E-state index is 13.0. The number of pyridine rings is 1. The minimum absolute atomic E-state index is 0.293. The summed E-state index contributed by atoms with van der Waals surface area (Å²) in [5.41, 5.74) is 0.994. The van der Waals surface area contributed by atoms with Crippen LogP contribution in [0.3, 0.4) is 0 Å². The van der Waals surface area contributed by atoms with E-state index in [0.717, 1.165) is 44.0 Å². The first-order valence-corrected chi connectivity index (χ1v) is 10.7. The van der Waals surface area contributed by atoms with Crippen LogP contribution in [0.5, 0.6) is 11.6 Å². The number of guanidine groups is 1. The fraction of sp³-hybridized carbons (Fsp3) is 0.478. The number of likely N-dealkylation sites (tertiary alicyclic amines) is 1. The largest absolute Gasteiger partial charge is 0.439 e. The normalized spacial score (nSPS) is 16.0. The van der Waals surface area contributed by atoms with Gasteiger partial charge in [-0.05, 0) is 63.4 Å². The van der Waals surface area contributed by atoms with Gasteiger partial charge in [-0.1, -0.05) is 6.07 Å². The van der Waals surface area contributed by atoms with Crippen LogP contribution in [-0.4, -0.2) is 47.6 Å². The van der Waals surface area contributed by atoms with Crippen LogP contribution >= 0.6 is 0 Å². The number of hydrogen-bond donors (Lipinski definition) is 2. The summed E-state index contributed by atoms with van der Waals surface area (Å²) in [6.45, 7) is 10.2. The van der Waals surface area contributed by atoms with E-state index in [4.69, 9.17) is 9.73 Å². The molecule has 1 aromatic carbocycles. The molecule has 7 heteroatoms.